The Morgan fingerprint density at radius 1 is 1.14 bits per heavy atom. The Morgan fingerprint density at radius 3 is 2.58 bits per heavy atom. The largest absolute Gasteiger partial charge is 0.493 e. The van der Waals surface area contributed by atoms with Gasteiger partial charge in [0.25, 0.3) is 5.91 Å². The van der Waals surface area contributed by atoms with Crippen LogP contribution in [0.2, 0.25) is 0 Å². The summed E-state index contributed by atoms with van der Waals surface area (Å²) in [5.74, 6) is 0.890. The van der Waals surface area contributed by atoms with Crippen molar-refractivity contribution < 1.29 is 23.8 Å². The van der Waals surface area contributed by atoms with Crippen LogP contribution in [0, 0.1) is 0 Å². The van der Waals surface area contributed by atoms with E-state index in [2.05, 4.69) is 5.32 Å². The van der Waals surface area contributed by atoms with Crippen LogP contribution >= 0.6 is 0 Å². The van der Waals surface area contributed by atoms with Gasteiger partial charge in [-0.1, -0.05) is 19.3 Å². The summed E-state index contributed by atoms with van der Waals surface area (Å²) in [4.78, 5) is 29.1. The minimum atomic E-state index is -1.05. The molecule has 4 rings (SSSR count). The van der Waals surface area contributed by atoms with E-state index in [9.17, 15) is 9.59 Å². The number of benzene rings is 1. The van der Waals surface area contributed by atoms with Crippen LogP contribution in [0.3, 0.4) is 0 Å². The lowest BCUT2D eigenvalue weighted by atomic mass is 9.91. The molecule has 0 saturated heterocycles. The van der Waals surface area contributed by atoms with Gasteiger partial charge >= 0.3 is 0 Å². The number of fused-ring (bicyclic) bond motifs is 1. The van der Waals surface area contributed by atoms with Crippen molar-refractivity contribution in [1.29, 1.82) is 0 Å². The van der Waals surface area contributed by atoms with Gasteiger partial charge in [0.2, 0.25) is 5.91 Å². The average Bonchev–Trinajstić information content (AvgIpc) is 3.32. The normalized spacial score (nSPS) is 20.2. The molecule has 1 aliphatic heterocycles. The maximum absolute atomic E-state index is 13.8. The third-order valence-electron chi connectivity index (χ3n) is 7.28. The molecule has 1 unspecified atom stereocenters. The van der Waals surface area contributed by atoms with E-state index in [0.717, 1.165) is 31.2 Å². The molecule has 0 spiro atoms. The van der Waals surface area contributed by atoms with Gasteiger partial charge in [0, 0.05) is 31.4 Å². The lowest BCUT2D eigenvalue weighted by molar-refractivity contribution is -0.134. The highest BCUT2D eigenvalue weighted by molar-refractivity contribution is 6.00. The third kappa shape index (κ3) is 5.21. The van der Waals surface area contributed by atoms with Gasteiger partial charge in [-0.25, -0.2) is 0 Å². The second-order valence-corrected chi connectivity index (χ2v) is 9.73. The number of carbonyl (C=O) groups is 2. The first kappa shape index (κ1) is 26.0. The lowest BCUT2D eigenvalue weighted by Crippen LogP contribution is -2.65. The predicted octanol–water partition coefficient (Wildman–Crippen LogP) is 3.66. The summed E-state index contributed by atoms with van der Waals surface area (Å²) in [5, 5.41) is 7.98. The molecule has 2 amide bonds. The van der Waals surface area contributed by atoms with Crippen LogP contribution in [0.25, 0.3) is 11.3 Å². The second-order valence-electron chi connectivity index (χ2n) is 9.73. The number of rotatable bonds is 10. The van der Waals surface area contributed by atoms with E-state index in [4.69, 9.17) is 19.3 Å². The SMILES string of the molecule is CCOCCCN1C(=O)c2cc(-c3ccc(OC)c(OC)c3)nn2CC1(C)C(=O)NC1CCCCC1. The monoisotopic (exact) mass is 498 g/mol. The number of carbonyl (C=O) groups excluding carboxylic acids is 2. The number of nitrogens with zero attached hydrogens (tertiary/aromatic N) is 3. The van der Waals surface area contributed by atoms with Crippen LogP contribution in [0.15, 0.2) is 24.3 Å². The topological polar surface area (TPSA) is 94.9 Å². The Bertz CT molecular complexity index is 1080. The molecule has 2 heterocycles. The van der Waals surface area contributed by atoms with Crippen LogP contribution in [-0.4, -0.2) is 72.1 Å². The molecule has 2 aromatic rings. The number of hydrogen-bond donors (Lipinski definition) is 1. The fourth-order valence-electron chi connectivity index (χ4n) is 5.19. The van der Waals surface area contributed by atoms with Crippen molar-refractivity contribution in [3.8, 4) is 22.8 Å². The van der Waals surface area contributed by atoms with Crippen molar-refractivity contribution >= 4 is 11.8 Å². The molecule has 196 valence electrons. The van der Waals surface area contributed by atoms with Crippen LogP contribution in [0.5, 0.6) is 11.5 Å². The van der Waals surface area contributed by atoms with Crippen molar-refractivity contribution in [1.82, 2.24) is 20.0 Å². The van der Waals surface area contributed by atoms with Crippen LogP contribution in [-0.2, 0) is 16.1 Å². The Balaban J connectivity index is 1.64. The Kier molecular flexibility index (Phi) is 8.18. The van der Waals surface area contributed by atoms with E-state index >= 15 is 0 Å². The Morgan fingerprint density at radius 2 is 1.89 bits per heavy atom. The molecule has 1 saturated carbocycles. The van der Waals surface area contributed by atoms with E-state index < -0.39 is 5.54 Å². The summed E-state index contributed by atoms with van der Waals surface area (Å²) in [7, 11) is 3.17. The molecule has 0 radical (unpaired) electrons. The first-order valence-corrected chi connectivity index (χ1v) is 12.9. The standard InChI is InChI=1S/C27H38N4O5/c1-5-36-15-9-14-30-25(32)22-17-21(19-12-13-23(34-3)24(16-19)35-4)29-31(22)18-27(30,2)26(33)28-20-10-7-6-8-11-20/h12-13,16-17,20H,5-11,14-15,18H2,1-4H3,(H,28,33). The lowest BCUT2D eigenvalue weighted by Gasteiger charge is -2.44. The number of amides is 2. The van der Waals surface area contributed by atoms with Crippen LogP contribution in [0.1, 0.15) is 62.9 Å². The summed E-state index contributed by atoms with van der Waals surface area (Å²) < 4.78 is 18.0. The number of ether oxygens (including phenoxy) is 3. The molecule has 1 atom stereocenters. The number of aromatic nitrogens is 2. The molecule has 36 heavy (non-hydrogen) atoms. The zero-order chi connectivity index (χ0) is 25.7. The third-order valence-corrected chi connectivity index (χ3v) is 7.28. The van der Waals surface area contributed by atoms with Gasteiger partial charge in [-0.2, -0.15) is 5.10 Å². The minimum absolute atomic E-state index is 0.118. The molecule has 1 aliphatic carbocycles. The zero-order valence-corrected chi connectivity index (χ0v) is 21.8. The molecule has 9 nitrogen and oxygen atoms in total. The van der Waals surface area contributed by atoms with E-state index in [1.165, 1.54) is 6.42 Å². The van der Waals surface area contributed by atoms with Gasteiger partial charge in [0.15, 0.2) is 11.5 Å². The Hall–Kier alpha value is -3.07. The fourth-order valence-corrected chi connectivity index (χ4v) is 5.19. The van der Waals surface area contributed by atoms with Crippen molar-refractivity contribution in [2.45, 2.75) is 70.5 Å². The van der Waals surface area contributed by atoms with Gasteiger partial charge in [-0.05, 0) is 57.4 Å². The molecule has 2 aliphatic rings. The van der Waals surface area contributed by atoms with Crippen molar-refractivity contribution in [2.24, 2.45) is 0 Å². The van der Waals surface area contributed by atoms with Crippen molar-refractivity contribution in [3.63, 3.8) is 0 Å². The van der Waals surface area contributed by atoms with E-state index in [-0.39, 0.29) is 24.4 Å². The maximum Gasteiger partial charge on any atom is 0.273 e. The quantitative estimate of drug-likeness (QED) is 0.503. The van der Waals surface area contributed by atoms with E-state index in [0.29, 0.717) is 49.1 Å². The molecule has 0 bridgehead atoms. The summed E-state index contributed by atoms with van der Waals surface area (Å²) in [5.41, 5.74) is 0.873. The van der Waals surface area contributed by atoms with Crippen LogP contribution in [0.4, 0.5) is 0 Å². The van der Waals surface area contributed by atoms with Gasteiger partial charge in [-0.3, -0.25) is 14.3 Å². The van der Waals surface area contributed by atoms with Crippen molar-refractivity contribution in [3.05, 3.63) is 30.0 Å². The number of methoxy groups -OCH3 is 2. The molecule has 1 fully saturated rings. The first-order chi connectivity index (χ1) is 17.4. The van der Waals surface area contributed by atoms with E-state index in [1.54, 1.807) is 29.9 Å². The molecular formula is C27H38N4O5. The van der Waals surface area contributed by atoms with Gasteiger partial charge in [-0.15, -0.1) is 0 Å². The number of nitrogens with one attached hydrogen (secondary N) is 1. The zero-order valence-electron chi connectivity index (χ0n) is 21.8. The van der Waals surface area contributed by atoms with Gasteiger partial charge in [0.1, 0.15) is 11.2 Å². The van der Waals surface area contributed by atoms with Crippen LogP contribution < -0.4 is 14.8 Å². The van der Waals surface area contributed by atoms with E-state index in [1.807, 2.05) is 32.0 Å². The number of hydrogen-bond acceptors (Lipinski definition) is 6. The molecule has 1 aromatic heterocycles. The summed E-state index contributed by atoms with van der Waals surface area (Å²) in [6, 6.07) is 7.49. The fraction of sp³-hybridized carbons (Fsp3) is 0.593. The average molecular weight is 499 g/mol. The van der Waals surface area contributed by atoms with Gasteiger partial charge < -0.3 is 24.4 Å². The summed E-state index contributed by atoms with van der Waals surface area (Å²) in [6.45, 7) is 5.68. The smallest absolute Gasteiger partial charge is 0.273 e. The molecule has 9 heteroatoms. The summed E-state index contributed by atoms with van der Waals surface area (Å²) in [6.07, 6.45) is 6.07. The maximum atomic E-state index is 13.8. The summed E-state index contributed by atoms with van der Waals surface area (Å²) >= 11 is 0. The molecular weight excluding hydrogens is 460 g/mol. The predicted molar refractivity (Wildman–Crippen MR) is 136 cm³/mol. The van der Waals surface area contributed by atoms with Gasteiger partial charge in [0.05, 0.1) is 26.5 Å². The minimum Gasteiger partial charge on any atom is -0.493 e. The molecule has 1 aromatic carbocycles. The van der Waals surface area contributed by atoms with Crippen molar-refractivity contribution in [2.75, 3.05) is 34.0 Å². The highest BCUT2D eigenvalue weighted by Gasteiger charge is 2.48. The highest BCUT2D eigenvalue weighted by atomic mass is 16.5. The molecule has 1 N–H and O–H groups in total. The second kappa shape index (κ2) is 11.3. The first-order valence-electron chi connectivity index (χ1n) is 12.9. The highest BCUT2D eigenvalue weighted by Crippen LogP contribution is 2.34. The Labute approximate surface area is 213 Å².